The van der Waals surface area contributed by atoms with E-state index in [1.165, 1.54) is 31.0 Å². The zero-order chi connectivity index (χ0) is 19.1. The summed E-state index contributed by atoms with van der Waals surface area (Å²) in [7, 11) is 1.75. The average Bonchev–Trinajstić information content (AvgIpc) is 3.48. The second-order valence-corrected chi connectivity index (χ2v) is 7.44. The average molecular weight is 380 g/mol. The molecule has 0 aromatic heterocycles. The molecule has 1 saturated carbocycles. The van der Waals surface area contributed by atoms with Crippen molar-refractivity contribution in [2.75, 3.05) is 39.9 Å². The molecule has 0 spiro atoms. The molecule has 1 aliphatic heterocycles. The molecule has 5 nitrogen and oxygen atoms in total. The number of aliphatic imine (C=N–C) groups is 1. The number of rotatable bonds is 8. The van der Waals surface area contributed by atoms with Gasteiger partial charge in [0.05, 0.1) is 6.61 Å². The number of halogens is 2. The van der Waals surface area contributed by atoms with Crippen molar-refractivity contribution in [3.8, 4) is 0 Å². The van der Waals surface area contributed by atoms with Crippen LogP contribution in [0.1, 0.15) is 31.2 Å². The second kappa shape index (κ2) is 9.99. The lowest BCUT2D eigenvalue weighted by atomic mass is 10.0. The maximum Gasteiger partial charge on any atom is 0.191 e. The number of ether oxygens (including phenoxy) is 1. The van der Waals surface area contributed by atoms with Crippen molar-refractivity contribution in [3.05, 3.63) is 35.4 Å². The summed E-state index contributed by atoms with van der Waals surface area (Å²) in [5.74, 6) is 0.561. The molecular formula is C20H30F2N4O. The van der Waals surface area contributed by atoms with Crippen molar-refractivity contribution in [2.45, 2.75) is 38.3 Å². The fourth-order valence-corrected chi connectivity index (χ4v) is 3.39. The minimum Gasteiger partial charge on any atom is -0.379 e. The smallest absolute Gasteiger partial charge is 0.191 e. The van der Waals surface area contributed by atoms with E-state index in [2.05, 4.69) is 20.5 Å². The largest absolute Gasteiger partial charge is 0.379 e. The highest BCUT2D eigenvalue weighted by atomic mass is 19.1. The van der Waals surface area contributed by atoms with Gasteiger partial charge in [0.15, 0.2) is 5.96 Å². The zero-order valence-corrected chi connectivity index (χ0v) is 16.0. The monoisotopic (exact) mass is 380 g/mol. The fourth-order valence-electron chi connectivity index (χ4n) is 3.39. The Morgan fingerprint density at radius 3 is 2.74 bits per heavy atom. The summed E-state index contributed by atoms with van der Waals surface area (Å²) in [6.07, 6.45) is 4.58. The summed E-state index contributed by atoms with van der Waals surface area (Å²) in [4.78, 5) is 6.36. The van der Waals surface area contributed by atoms with E-state index in [-0.39, 0.29) is 18.2 Å². The fraction of sp³-hybridized carbons (Fsp3) is 0.650. The van der Waals surface area contributed by atoms with Crippen LogP contribution in [0.25, 0.3) is 0 Å². The third-order valence-electron chi connectivity index (χ3n) is 5.10. The molecule has 2 fully saturated rings. The third kappa shape index (κ3) is 6.43. The number of nitrogens with one attached hydrogen (secondary N) is 2. The van der Waals surface area contributed by atoms with E-state index < -0.39 is 11.6 Å². The highest BCUT2D eigenvalue weighted by Crippen LogP contribution is 2.28. The first-order chi connectivity index (χ1) is 13.2. The number of hydrogen-bond donors (Lipinski definition) is 2. The van der Waals surface area contributed by atoms with Crippen LogP contribution in [0.15, 0.2) is 23.2 Å². The quantitative estimate of drug-likeness (QED) is 0.413. The van der Waals surface area contributed by atoms with Gasteiger partial charge in [-0.15, -0.1) is 0 Å². The molecule has 0 radical (unpaired) electrons. The Morgan fingerprint density at radius 1 is 1.26 bits per heavy atom. The Hall–Kier alpha value is -1.73. The van der Waals surface area contributed by atoms with Crippen molar-refractivity contribution >= 4 is 5.96 Å². The van der Waals surface area contributed by atoms with Crippen molar-refractivity contribution in [3.63, 3.8) is 0 Å². The van der Waals surface area contributed by atoms with E-state index in [9.17, 15) is 8.78 Å². The molecule has 0 amide bonds. The molecule has 1 saturated heterocycles. The molecule has 3 rings (SSSR count). The van der Waals surface area contributed by atoms with Crippen LogP contribution in [-0.4, -0.2) is 56.8 Å². The van der Waals surface area contributed by atoms with Crippen LogP contribution in [0.3, 0.4) is 0 Å². The van der Waals surface area contributed by atoms with Gasteiger partial charge < -0.3 is 15.4 Å². The van der Waals surface area contributed by atoms with Gasteiger partial charge in [-0.2, -0.15) is 0 Å². The van der Waals surface area contributed by atoms with Gasteiger partial charge in [0.1, 0.15) is 11.6 Å². The highest BCUT2D eigenvalue weighted by molar-refractivity contribution is 5.79. The summed E-state index contributed by atoms with van der Waals surface area (Å²) in [6.45, 7) is 4.10. The molecule has 1 atom stereocenters. The van der Waals surface area contributed by atoms with Gasteiger partial charge in [0.25, 0.3) is 0 Å². The molecule has 1 heterocycles. The van der Waals surface area contributed by atoms with Crippen LogP contribution in [0.4, 0.5) is 8.78 Å². The van der Waals surface area contributed by atoms with Crippen molar-refractivity contribution in [1.82, 2.24) is 15.5 Å². The lowest BCUT2D eigenvalue weighted by molar-refractivity contribution is 0.128. The molecular weight excluding hydrogens is 350 g/mol. The SMILES string of the molecule is CN=C(NCCOCC1CC1)NC1CCCN(Cc2c(F)cccc2F)C1. The topological polar surface area (TPSA) is 48.9 Å². The lowest BCUT2D eigenvalue weighted by Gasteiger charge is -2.34. The Bertz CT molecular complexity index is 616. The Balaban J connectivity index is 1.42. The van der Waals surface area contributed by atoms with E-state index in [1.807, 2.05) is 0 Å². The van der Waals surface area contributed by atoms with Crippen LogP contribution in [0.2, 0.25) is 0 Å². The maximum atomic E-state index is 13.9. The summed E-state index contributed by atoms with van der Waals surface area (Å²) in [5.41, 5.74) is 0.147. The molecule has 1 unspecified atom stereocenters. The predicted octanol–water partition coefficient (Wildman–Crippen LogP) is 2.52. The molecule has 27 heavy (non-hydrogen) atoms. The Kier molecular flexibility index (Phi) is 7.41. The van der Waals surface area contributed by atoms with Crippen LogP contribution < -0.4 is 10.6 Å². The summed E-state index contributed by atoms with van der Waals surface area (Å²) < 4.78 is 33.4. The van der Waals surface area contributed by atoms with E-state index in [4.69, 9.17) is 4.74 Å². The minimum atomic E-state index is -0.478. The first-order valence-electron chi connectivity index (χ1n) is 9.86. The molecule has 1 aliphatic carbocycles. The van der Waals surface area contributed by atoms with E-state index in [1.54, 1.807) is 7.05 Å². The molecule has 2 aliphatic rings. The third-order valence-corrected chi connectivity index (χ3v) is 5.10. The normalized spacial score (nSPS) is 21.3. The highest BCUT2D eigenvalue weighted by Gasteiger charge is 2.23. The minimum absolute atomic E-state index is 0.147. The number of piperidine rings is 1. The number of hydrogen-bond acceptors (Lipinski definition) is 3. The molecule has 0 bridgehead atoms. The first kappa shape index (κ1) is 20.0. The number of guanidine groups is 1. The van der Waals surface area contributed by atoms with Crippen molar-refractivity contribution in [2.24, 2.45) is 10.9 Å². The summed E-state index contributed by atoms with van der Waals surface area (Å²) in [6, 6.07) is 4.23. The first-order valence-corrected chi connectivity index (χ1v) is 9.86. The van der Waals surface area contributed by atoms with E-state index >= 15 is 0 Å². The molecule has 150 valence electrons. The van der Waals surface area contributed by atoms with Gasteiger partial charge in [-0.05, 0) is 50.3 Å². The number of benzene rings is 1. The summed E-state index contributed by atoms with van der Waals surface area (Å²) >= 11 is 0. The van der Waals surface area contributed by atoms with Gasteiger partial charge in [-0.3, -0.25) is 9.89 Å². The van der Waals surface area contributed by atoms with Crippen LogP contribution in [-0.2, 0) is 11.3 Å². The van der Waals surface area contributed by atoms with Gasteiger partial charge >= 0.3 is 0 Å². The molecule has 7 heteroatoms. The van der Waals surface area contributed by atoms with E-state index in [0.717, 1.165) is 44.4 Å². The van der Waals surface area contributed by atoms with Crippen molar-refractivity contribution < 1.29 is 13.5 Å². The van der Waals surface area contributed by atoms with Gasteiger partial charge in [-0.25, -0.2) is 8.78 Å². The molecule has 1 aromatic carbocycles. The van der Waals surface area contributed by atoms with Crippen molar-refractivity contribution in [1.29, 1.82) is 0 Å². The molecule has 1 aromatic rings. The maximum absolute atomic E-state index is 13.9. The second-order valence-electron chi connectivity index (χ2n) is 7.44. The van der Waals surface area contributed by atoms with Crippen LogP contribution in [0, 0.1) is 17.6 Å². The van der Waals surface area contributed by atoms with E-state index in [0.29, 0.717) is 13.2 Å². The standard InChI is InChI=1S/C20H30F2N4O/c1-23-20(24-9-11-27-14-15-7-8-15)25-16-4-3-10-26(12-16)13-17-18(21)5-2-6-19(17)22/h2,5-6,15-16H,3-4,7-14H2,1H3,(H2,23,24,25). The van der Waals surface area contributed by atoms with Gasteiger partial charge in [0, 0.05) is 44.9 Å². The zero-order valence-electron chi connectivity index (χ0n) is 16.0. The Labute approximate surface area is 160 Å². The van der Waals surface area contributed by atoms with Gasteiger partial charge in [0.2, 0.25) is 0 Å². The number of nitrogens with zero attached hydrogens (tertiary/aromatic N) is 2. The molecule has 2 N–H and O–H groups in total. The lowest BCUT2D eigenvalue weighted by Crippen LogP contribution is -2.51. The Morgan fingerprint density at radius 2 is 2.04 bits per heavy atom. The van der Waals surface area contributed by atoms with Crippen LogP contribution >= 0.6 is 0 Å². The predicted molar refractivity (Wildman–Crippen MR) is 103 cm³/mol. The summed E-state index contributed by atoms with van der Waals surface area (Å²) in [5, 5.41) is 6.69. The van der Waals surface area contributed by atoms with Gasteiger partial charge in [-0.1, -0.05) is 6.07 Å². The van der Waals surface area contributed by atoms with Crippen LogP contribution in [0.5, 0.6) is 0 Å². The number of likely N-dealkylation sites (tertiary alicyclic amines) is 1.